The van der Waals surface area contributed by atoms with Crippen molar-refractivity contribution in [1.82, 2.24) is 0 Å². The van der Waals surface area contributed by atoms with Gasteiger partial charge in [0.1, 0.15) is 17.2 Å². The van der Waals surface area contributed by atoms with Crippen LogP contribution in [0.2, 0.25) is 0 Å². The highest BCUT2D eigenvalue weighted by atomic mass is 32.2. The van der Waals surface area contributed by atoms with Crippen LogP contribution in [0.1, 0.15) is 17.3 Å². The summed E-state index contributed by atoms with van der Waals surface area (Å²) in [4.78, 5) is 26.2. The number of benzene rings is 3. The summed E-state index contributed by atoms with van der Waals surface area (Å²) in [5, 5.41) is 5.37. The first-order valence-electron chi connectivity index (χ1n) is 10.2. The number of nitrogens with one attached hydrogen (secondary N) is 2. The summed E-state index contributed by atoms with van der Waals surface area (Å²) in [6.07, 6.45) is 0. The number of methoxy groups -OCH3 is 3. The van der Waals surface area contributed by atoms with E-state index in [1.807, 2.05) is 25.1 Å². The fourth-order valence-electron chi connectivity index (χ4n) is 3.02. The third kappa shape index (κ3) is 6.43. The van der Waals surface area contributed by atoms with Crippen molar-refractivity contribution in [1.29, 1.82) is 0 Å². The average molecular weight is 467 g/mol. The SMILES string of the molecule is COc1cccc(C(=O)Nc2cccc(SC(C)C(=O)Nc3cc(OC)ccc3OC)c2)c1. The number of carbonyl (C=O) groups excluding carboxylic acids is 2. The molecule has 0 radical (unpaired) electrons. The molecule has 1 atom stereocenters. The van der Waals surface area contributed by atoms with Gasteiger partial charge >= 0.3 is 0 Å². The van der Waals surface area contributed by atoms with Crippen LogP contribution in [0.4, 0.5) is 11.4 Å². The van der Waals surface area contributed by atoms with E-state index in [2.05, 4.69) is 10.6 Å². The average Bonchev–Trinajstić information content (AvgIpc) is 2.84. The molecule has 0 saturated heterocycles. The van der Waals surface area contributed by atoms with Gasteiger partial charge in [0, 0.05) is 22.2 Å². The number of amides is 2. The smallest absolute Gasteiger partial charge is 0.255 e. The number of hydrogen-bond donors (Lipinski definition) is 2. The fraction of sp³-hybridized carbons (Fsp3) is 0.200. The molecule has 2 amide bonds. The number of ether oxygens (including phenoxy) is 3. The van der Waals surface area contributed by atoms with Crippen molar-refractivity contribution >= 4 is 35.0 Å². The molecule has 0 aliphatic carbocycles. The Balaban J connectivity index is 1.66. The summed E-state index contributed by atoms with van der Waals surface area (Å²) in [7, 11) is 4.66. The number of anilines is 2. The Morgan fingerprint density at radius 3 is 2.27 bits per heavy atom. The normalized spacial score (nSPS) is 11.3. The Morgan fingerprint density at radius 2 is 1.55 bits per heavy atom. The van der Waals surface area contributed by atoms with Gasteiger partial charge in [-0.05, 0) is 55.5 Å². The predicted octanol–water partition coefficient (Wildman–Crippen LogP) is 5.08. The quantitative estimate of drug-likeness (QED) is 0.428. The maximum absolute atomic E-state index is 12.8. The Hall–Kier alpha value is -3.65. The van der Waals surface area contributed by atoms with Crippen molar-refractivity contribution in [3.8, 4) is 17.2 Å². The van der Waals surface area contributed by atoms with E-state index in [1.165, 1.54) is 11.8 Å². The van der Waals surface area contributed by atoms with Gasteiger partial charge in [0.05, 0.1) is 32.3 Å². The Morgan fingerprint density at radius 1 is 0.818 bits per heavy atom. The molecule has 3 aromatic rings. The number of thioether (sulfide) groups is 1. The van der Waals surface area contributed by atoms with E-state index in [1.54, 1.807) is 69.9 Å². The van der Waals surface area contributed by atoms with E-state index in [9.17, 15) is 9.59 Å². The second-order valence-corrected chi connectivity index (χ2v) is 8.44. The molecule has 2 N–H and O–H groups in total. The standard InChI is InChI=1S/C25H26N2O5S/c1-16(24(28)27-22-15-20(31-3)11-12-23(22)32-4)33-21-10-6-8-18(14-21)26-25(29)17-7-5-9-19(13-17)30-2/h5-16H,1-4H3,(H,26,29)(H,27,28). The minimum atomic E-state index is -0.398. The maximum Gasteiger partial charge on any atom is 0.255 e. The van der Waals surface area contributed by atoms with Gasteiger partial charge in [0.2, 0.25) is 5.91 Å². The van der Waals surface area contributed by atoms with E-state index in [0.717, 1.165) is 4.90 Å². The van der Waals surface area contributed by atoms with Crippen LogP contribution in [-0.4, -0.2) is 38.4 Å². The zero-order chi connectivity index (χ0) is 23.8. The highest BCUT2D eigenvalue weighted by Gasteiger charge is 2.17. The molecule has 0 aromatic heterocycles. The second-order valence-electron chi connectivity index (χ2n) is 7.03. The number of rotatable bonds is 9. The molecule has 0 aliphatic heterocycles. The molecule has 8 heteroatoms. The first-order valence-corrected chi connectivity index (χ1v) is 11.1. The van der Waals surface area contributed by atoms with E-state index in [4.69, 9.17) is 14.2 Å². The van der Waals surface area contributed by atoms with Gasteiger partial charge in [0.15, 0.2) is 0 Å². The van der Waals surface area contributed by atoms with Gasteiger partial charge in [-0.2, -0.15) is 0 Å². The van der Waals surface area contributed by atoms with Gasteiger partial charge in [-0.15, -0.1) is 11.8 Å². The summed E-state index contributed by atoms with van der Waals surface area (Å²) < 4.78 is 15.7. The topological polar surface area (TPSA) is 85.9 Å². The lowest BCUT2D eigenvalue weighted by Crippen LogP contribution is -2.22. The molecule has 0 bridgehead atoms. The van der Waals surface area contributed by atoms with Crippen molar-refractivity contribution in [3.05, 3.63) is 72.3 Å². The molecule has 0 saturated carbocycles. The first-order chi connectivity index (χ1) is 15.9. The number of carbonyl (C=O) groups is 2. The molecule has 33 heavy (non-hydrogen) atoms. The van der Waals surface area contributed by atoms with Gasteiger partial charge < -0.3 is 24.8 Å². The third-order valence-electron chi connectivity index (χ3n) is 4.77. The van der Waals surface area contributed by atoms with Crippen LogP contribution in [0.5, 0.6) is 17.2 Å². The lowest BCUT2D eigenvalue weighted by Gasteiger charge is -2.15. The van der Waals surface area contributed by atoms with Crippen LogP contribution in [0.25, 0.3) is 0 Å². The summed E-state index contributed by atoms with van der Waals surface area (Å²) in [5.41, 5.74) is 1.66. The zero-order valence-corrected chi connectivity index (χ0v) is 19.7. The molecule has 7 nitrogen and oxygen atoms in total. The number of hydrogen-bond acceptors (Lipinski definition) is 6. The third-order valence-corrected chi connectivity index (χ3v) is 5.86. The lowest BCUT2D eigenvalue weighted by atomic mass is 10.2. The van der Waals surface area contributed by atoms with E-state index in [-0.39, 0.29) is 11.8 Å². The van der Waals surface area contributed by atoms with Crippen molar-refractivity contribution in [2.24, 2.45) is 0 Å². The monoisotopic (exact) mass is 466 g/mol. The summed E-state index contributed by atoms with van der Waals surface area (Å²) >= 11 is 1.38. The Labute approximate surface area is 197 Å². The van der Waals surface area contributed by atoms with Crippen LogP contribution in [0.15, 0.2) is 71.6 Å². The van der Waals surface area contributed by atoms with E-state index >= 15 is 0 Å². The van der Waals surface area contributed by atoms with E-state index in [0.29, 0.717) is 34.2 Å². The van der Waals surface area contributed by atoms with Gasteiger partial charge in [-0.1, -0.05) is 12.1 Å². The molecule has 0 fully saturated rings. The highest BCUT2D eigenvalue weighted by Crippen LogP contribution is 2.31. The van der Waals surface area contributed by atoms with Crippen LogP contribution < -0.4 is 24.8 Å². The van der Waals surface area contributed by atoms with Crippen molar-refractivity contribution in [2.45, 2.75) is 17.1 Å². The van der Waals surface area contributed by atoms with Crippen molar-refractivity contribution in [2.75, 3.05) is 32.0 Å². The van der Waals surface area contributed by atoms with Crippen LogP contribution >= 0.6 is 11.8 Å². The van der Waals surface area contributed by atoms with Gasteiger partial charge in [-0.3, -0.25) is 9.59 Å². The lowest BCUT2D eigenvalue weighted by molar-refractivity contribution is -0.115. The summed E-state index contributed by atoms with van der Waals surface area (Å²) in [6, 6.07) is 19.5. The van der Waals surface area contributed by atoms with Crippen molar-refractivity contribution < 1.29 is 23.8 Å². The highest BCUT2D eigenvalue weighted by molar-refractivity contribution is 8.00. The summed E-state index contributed by atoms with van der Waals surface area (Å²) in [6.45, 7) is 1.81. The van der Waals surface area contributed by atoms with Gasteiger partial charge in [-0.25, -0.2) is 0 Å². The predicted molar refractivity (Wildman–Crippen MR) is 131 cm³/mol. The maximum atomic E-state index is 12.8. The first kappa shape index (κ1) is 24.0. The van der Waals surface area contributed by atoms with Crippen LogP contribution in [0, 0.1) is 0 Å². The van der Waals surface area contributed by atoms with E-state index < -0.39 is 5.25 Å². The van der Waals surface area contributed by atoms with Crippen molar-refractivity contribution in [3.63, 3.8) is 0 Å². The molecular weight excluding hydrogens is 440 g/mol. The Bertz CT molecular complexity index is 1140. The summed E-state index contributed by atoms with van der Waals surface area (Å²) in [5.74, 6) is 1.35. The molecule has 0 aliphatic rings. The second kappa shape index (κ2) is 11.3. The molecule has 0 spiro atoms. The fourth-order valence-corrected chi connectivity index (χ4v) is 3.94. The molecule has 172 valence electrons. The Kier molecular flexibility index (Phi) is 8.21. The molecule has 3 rings (SSSR count). The largest absolute Gasteiger partial charge is 0.497 e. The zero-order valence-electron chi connectivity index (χ0n) is 18.9. The minimum Gasteiger partial charge on any atom is -0.497 e. The molecule has 0 heterocycles. The molecule has 3 aromatic carbocycles. The molecule has 1 unspecified atom stereocenters. The van der Waals surface area contributed by atoms with Crippen LogP contribution in [0.3, 0.4) is 0 Å². The van der Waals surface area contributed by atoms with Gasteiger partial charge in [0.25, 0.3) is 5.91 Å². The molecular formula is C25H26N2O5S. The van der Waals surface area contributed by atoms with Crippen LogP contribution in [-0.2, 0) is 4.79 Å². The minimum absolute atomic E-state index is 0.183.